The van der Waals surface area contributed by atoms with E-state index in [0.29, 0.717) is 35.8 Å². The van der Waals surface area contributed by atoms with Crippen molar-refractivity contribution in [2.24, 2.45) is 5.10 Å². The minimum Gasteiger partial charge on any atom is -0.489 e. The van der Waals surface area contributed by atoms with Crippen LogP contribution in [0.1, 0.15) is 15.9 Å². The first kappa shape index (κ1) is 20.9. The van der Waals surface area contributed by atoms with Crippen LogP contribution in [0.25, 0.3) is 0 Å². The number of ether oxygens (including phenoxy) is 2. The van der Waals surface area contributed by atoms with E-state index in [4.69, 9.17) is 9.47 Å². The summed E-state index contributed by atoms with van der Waals surface area (Å²) in [6, 6.07) is 10.7. The third kappa shape index (κ3) is 6.37. The molecular weight excluding hydrogens is 476 g/mol. The highest BCUT2D eigenvalue weighted by Gasteiger charge is 2.13. The number of nitrogens with one attached hydrogen (secondary N) is 1. The quantitative estimate of drug-likeness (QED) is 0.300. The van der Waals surface area contributed by atoms with Crippen LogP contribution in [0.5, 0.6) is 11.5 Å². The van der Waals surface area contributed by atoms with Crippen molar-refractivity contribution in [3.8, 4) is 11.5 Å². The summed E-state index contributed by atoms with van der Waals surface area (Å²) in [5.41, 5.74) is 3.58. The van der Waals surface area contributed by atoms with Crippen LogP contribution in [0.15, 0.2) is 75.8 Å². The van der Waals surface area contributed by atoms with Gasteiger partial charge >= 0.3 is 0 Å². The molecule has 0 saturated carbocycles. The van der Waals surface area contributed by atoms with E-state index in [2.05, 4.69) is 55.5 Å². The molecule has 27 heavy (non-hydrogen) atoms. The largest absolute Gasteiger partial charge is 0.489 e. The van der Waals surface area contributed by atoms with Gasteiger partial charge in [0.25, 0.3) is 5.91 Å². The molecule has 0 aliphatic heterocycles. The maximum Gasteiger partial charge on any atom is 0.275 e. The number of amides is 1. The molecule has 1 amide bonds. The Balaban J connectivity index is 2.16. The fourth-order valence-corrected chi connectivity index (χ4v) is 2.82. The van der Waals surface area contributed by atoms with Gasteiger partial charge in [0, 0.05) is 14.5 Å². The highest BCUT2D eigenvalue weighted by atomic mass is 79.9. The van der Waals surface area contributed by atoms with Crippen LogP contribution >= 0.6 is 31.9 Å². The zero-order chi connectivity index (χ0) is 19.6. The third-order valence-electron chi connectivity index (χ3n) is 3.24. The summed E-state index contributed by atoms with van der Waals surface area (Å²) < 4.78 is 12.7. The standard InChI is InChI=1S/C20H18Br2N2O3/c1-3-9-26-18-7-5-15(21)11-14(18)13-23-24-20(25)17-12-16(22)6-8-19(17)27-10-4-2/h3-8,11-13H,1-2,9-10H2,(H,24,25)/b23-13+. The minimum atomic E-state index is -0.393. The molecule has 0 aliphatic rings. The first-order chi connectivity index (χ1) is 13.0. The number of hydrazone groups is 1. The Bertz CT molecular complexity index is 866. The third-order valence-corrected chi connectivity index (χ3v) is 4.23. The fraction of sp³-hybridized carbons (Fsp3) is 0.100. The van der Waals surface area contributed by atoms with Gasteiger partial charge in [-0.05, 0) is 36.4 Å². The van der Waals surface area contributed by atoms with Gasteiger partial charge in [0.2, 0.25) is 0 Å². The molecule has 0 bridgehead atoms. The van der Waals surface area contributed by atoms with Crippen molar-refractivity contribution in [3.05, 3.63) is 81.8 Å². The van der Waals surface area contributed by atoms with Gasteiger partial charge in [0.05, 0.1) is 11.8 Å². The summed E-state index contributed by atoms with van der Waals surface area (Å²) in [5, 5.41) is 4.04. The monoisotopic (exact) mass is 492 g/mol. The number of rotatable bonds is 9. The second-order valence-electron chi connectivity index (χ2n) is 5.22. The van der Waals surface area contributed by atoms with Gasteiger partial charge in [0.15, 0.2) is 0 Å². The summed E-state index contributed by atoms with van der Waals surface area (Å²) in [7, 11) is 0. The highest BCUT2D eigenvalue weighted by Crippen LogP contribution is 2.24. The van der Waals surface area contributed by atoms with Gasteiger partial charge in [-0.25, -0.2) is 5.43 Å². The number of carbonyl (C=O) groups is 1. The molecule has 1 N–H and O–H groups in total. The number of hydrogen-bond acceptors (Lipinski definition) is 4. The maximum atomic E-state index is 12.5. The topological polar surface area (TPSA) is 59.9 Å². The molecule has 2 aromatic carbocycles. The molecule has 0 saturated heterocycles. The SMILES string of the molecule is C=CCOc1ccc(Br)cc1/C=N/NC(=O)c1cc(Br)ccc1OCC=C. The van der Waals surface area contributed by atoms with E-state index in [0.717, 1.165) is 8.95 Å². The van der Waals surface area contributed by atoms with Crippen molar-refractivity contribution in [2.45, 2.75) is 0 Å². The van der Waals surface area contributed by atoms with Crippen molar-refractivity contribution in [1.29, 1.82) is 0 Å². The van der Waals surface area contributed by atoms with Crippen LogP contribution in [0, 0.1) is 0 Å². The molecule has 0 aromatic heterocycles. The van der Waals surface area contributed by atoms with Gasteiger partial charge < -0.3 is 9.47 Å². The highest BCUT2D eigenvalue weighted by molar-refractivity contribution is 9.10. The maximum absolute atomic E-state index is 12.5. The Hall–Kier alpha value is -2.38. The van der Waals surface area contributed by atoms with Crippen LogP contribution in [0.2, 0.25) is 0 Å². The Morgan fingerprint density at radius 2 is 1.59 bits per heavy atom. The summed E-state index contributed by atoms with van der Waals surface area (Å²) >= 11 is 6.76. The molecule has 2 rings (SSSR count). The average molecular weight is 494 g/mol. The van der Waals surface area contributed by atoms with E-state index in [-0.39, 0.29) is 0 Å². The number of benzene rings is 2. The molecule has 140 valence electrons. The zero-order valence-electron chi connectivity index (χ0n) is 14.5. The Labute approximate surface area is 175 Å². The van der Waals surface area contributed by atoms with Crippen molar-refractivity contribution in [2.75, 3.05) is 13.2 Å². The van der Waals surface area contributed by atoms with E-state index in [1.54, 1.807) is 30.4 Å². The molecule has 0 spiro atoms. The first-order valence-electron chi connectivity index (χ1n) is 7.95. The molecular formula is C20H18Br2N2O3. The lowest BCUT2D eigenvalue weighted by Crippen LogP contribution is -2.19. The van der Waals surface area contributed by atoms with Crippen LogP contribution in [-0.4, -0.2) is 25.3 Å². The number of nitrogens with zero attached hydrogens (tertiary/aromatic N) is 1. The summed E-state index contributed by atoms with van der Waals surface area (Å²) in [6.45, 7) is 7.91. The van der Waals surface area contributed by atoms with Crippen molar-refractivity contribution in [3.63, 3.8) is 0 Å². The fourth-order valence-electron chi connectivity index (χ4n) is 2.08. The number of carbonyl (C=O) groups excluding carboxylic acids is 1. The molecule has 7 heteroatoms. The molecule has 0 radical (unpaired) electrons. The van der Waals surface area contributed by atoms with Crippen molar-refractivity contribution >= 4 is 44.0 Å². The second-order valence-corrected chi connectivity index (χ2v) is 7.05. The molecule has 0 fully saturated rings. The lowest BCUT2D eigenvalue weighted by atomic mass is 10.2. The van der Waals surface area contributed by atoms with E-state index >= 15 is 0 Å². The lowest BCUT2D eigenvalue weighted by Gasteiger charge is -2.10. The van der Waals surface area contributed by atoms with E-state index in [9.17, 15) is 4.79 Å². The molecule has 0 unspecified atom stereocenters. The summed E-state index contributed by atoms with van der Waals surface area (Å²) in [4.78, 5) is 12.5. The molecule has 0 atom stereocenters. The first-order valence-corrected chi connectivity index (χ1v) is 9.53. The average Bonchev–Trinajstić information content (AvgIpc) is 2.66. The van der Waals surface area contributed by atoms with Crippen LogP contribution < -0.4 is 14.9 Å². The molecule has 0 heterocycles. The smallest absolute Gasteiger partial charge is 0.275 e. The minimum absolute atomic E-state index is 0.299. The second kappa shape index (κ2) is 10.7. The van der Waals surface area contributed by atoms with E-state index in [1.165, 1.54) is 6.21 Å². The van der Waals surface area contributed by atoms with Crippen LogP contribution in [0.4, 0.5) is 0 Å². The number of halogens is 2. The van der Waals surface area contributed by atoms with Crippen LogP contribution in [-0.2, 0) is 0 Å². The normalized spacial score (nSPS) is 10.4. The van der Waals surface area contributed by atoms with Crippen LogP contribution in [0.3, 0.4) is 0 Å². The lowest BCUT2D eigenvalue weighted by molar-refractivity contribution is 0.0951. The Kier molecular flexibility index (Phi) is 8.29. The van der Waals surface area contributed by atoms with Gasteiger partial charge in [-0.15, -0.1) is 0 Å². The predicted molar refractivity (Wildman–Crippen MR) is 115 cm³/mol. The molecule has 0 aliphatic carbocycles. The summed E-state index contributed by atoms with van der Waals surface area (Å²) in [6.07, 6.45) is 4.78. The van der Waals surface area contributed by atoms with Gasteiger partial charge in [0.1, 0.15) is 24.7 Å². The molecule has 5 nitrogen and oxygen atoms in total. The van der Waals surface area contributed by atoms with Gasteiger partial charge in [-0.2, -0.15) is 5.10 Å². The Morgan fingerprint density at radius 3 is 2.26 bits per heavy atom. The van der Waals surface area contributed by atoms with E-state index in [1.807, 2.05) is 18.2 Å². The van der Waals surface area contributed by atoms with Crippen molar-refractivity contribution < 1.29 is 14.3 Å². The van der Waals surface area contributed by atoms with Gasteiger partial charge in [-0.3, -0.25) is 4.79 Å². The summed E-state index contributed by atoms with van der Waals surface area (Å²) in [5.74, 6) is 0.687. The predicted octanol–water partition coefficient (Wildman–Crippen LogP) is 5.11. The van der Waals surface area contributed by atoms with Gasteiger partial charge in [-0.1, -0.05) is 57.2 Å². The van der Waals surface area contributed by atoms with Crippen molar-refractivity contribution in [1.82, 2.24) is 5.43 Å². The number of hydrogen-bond donors (Lipinski definition) is 1. The van der Waals surface area contributed by atoms with E-state index < -0.39 is 5.91 Å². The Morgan fingerprint density at radius 1 is 1.00 bits per heavy atom. The molecule has 2 aromatic rings. The zero-order valence-corrected chi connectivity index (χ0v) is 17.6.